The molecule has 3 aromatic rings. The zero-order valence-corrected chi connectivity index (χ0v) is 14.7. The van der Waals surface area contributed by atoms with E-state index in [1.54, 1.807) is 12.1 Å². The fourth-order valence-corrected chi connectivity index (χ4v) is 2.75. The molecule has 3 rings (SSSR count). The van der Waals surface area contributed by atoms with Crippen LogP contribution < -0.4 is 10.2 Å². The summed E-state index contributed by atoms with van der Waals surface area (Å²) >= 11 is 0. The molecule has 0 aliphatic heterocycles. The van der Waals surface area contributed by atoms with E-state index in [-0.39, 0.29) is 5.91 Å². The average molecular weight is 350 g/mol. The molecule has 0 saturated carbocycles. The third-order valence-corrected chi connectivity index (χ3v) is 4.12. The molecular formula is C19H22N6O. The summed E-state index contributed by atoms with van der Waals surface area (Å²) in [6.07, 6.45) is 2.38. The molecule has 0 spiro atoms. The van der Waals surface area contributed by atoms with Crippen LogP contribution >= 0.6 is 0 Å². The van der Waals surface area contributed by atoms with Gasteiger partial charge >= 0.3 is 0 Å². The molecule has 0 aliphatic rings. The molecule has 1 heterocycles. The van der Waals surface area contributed by atoms with Gasteiger partial charge < -0.3 is 10.2 Å². The molecule has 7 nitrogen and oxygen atoms in total. The van der Waals surface area contributed by atoms with Gasteiger partial charge in [-0.25, -0.2) is 4.68 Å². The monoisotopic (exact) mass is 350 g/mol. The number of aromatic nitrogens is 4. The largest absolute Gasteiger partial charge is 0.372 e. The number of para-hydroxylation sites is 1. The predicted octanol–water partition coefficient (Wildman–Crippen LogP) is 2.31. The predicted molar refractivity (Wildman–Crippen MR) is 100 cm³/mol. The topological polar surface area (TPSA) is 75.9 Å². The van der Waals surface area contributed by atoms with Crippen LogP contribution in [0.3, 0.4) is 0 Å². The molecule has 0 atom stereocenters. The van der Waals surface area contributed by atoms with Gasteiger partial charge in [0.1, 0.15) is 6.33 Å². The highest BCUT2D eigenvalue weighted by Crippen LogP contribution is 2.13. The smallest absolute Gasteiger partial charge is 0.251 e. The number of rotatable bonds is 8. The van der Waals surface area contributed by atoms with Crippen molar-refractivity contribution < 1.29 is 4.79 Å². The summed E-state index contributed by atoms with van der Waals surface area (Å²) in [7, 11) is 0. The molecule has 0 unspecified atom stereocenters. The van der Waals surface area contributed by atoms with Crippen LogP contribution in [0, 0.1) is 0 Å². The summed E-state index contributed by atoms with van der Waals surface area (Å²) in [5.41, 5.74) is 2.55. The van der Waals surface area contributed by atoms with Gasteiger partial charge in [-0.15, -0.1) is 5.10 Å². The minimum atomic E-state index is -0.0947. The summed E-state index contributed by atoms with van der Waals surface area (Å²) < 4.78 is 1.52. The van der Waals surface area contributed by atoms with Crippen LogP contribution in [0.4, 0.5) is 5.69 Å². The molecule has 1 amide bonds. The van der Waals surface area contributed by atoms with Crippen molar-refractivity contribution in [1.29, 1.82) is 0 Å². The fourth-order valence-electron chi connectivity index (χ4n) is 2.75. The minimum absolute atomic E-state index is 0.0947. The Kier molecular flexibility index (Phi) is 5.92. The Morgan fingerprint density at radius 1 is 1.15 bits per heavy atom. The Morgan fingerprint density at radius 2 is 2.00 bits per heavy atom. The highest BCUT2D eigenvalue weighted by Gasteiger charge is 2.08. The molecule has 26 heavy (non-hydrogen) atoms. The summed E-state index contributed by atoms with van der Waals surface area (Å²) in [5, 5.41) is 14.0. The number of nitrogens with zero attached hydrogens (tertiary/aromatic N) is 5. The fraction of sp³-hybridized carbons (Fsp3) is 0.263. The van der Waals surface area contributed by atoms with E-state index < -0.39 is 0 Å². The van der Waals surface area contributed by atoms with E-state index in [0.717, 1.165) is 25.2 Å². The van der Waals surface area contributed by atoms with Crippen LogP contribution in [-0.4, -0.2) is 45.7 Å². The quantitative estimate of drug-likeness (QED) is 0.631. The normalized spacial score (nSPS) is 10.5. The highest BCUT2D eigenvalue weighted by molar-refractivity contribution is 5.94. The number of benzene rings is 2. The standard InChI is InChI=1S/C19H22N6O/c1-2-24(17-9-4-3-5-10-17)13-7-12-20-19(26)16-8-6-11-18(14-16)25-15-21-22-23-25/h3-6,8-11,14-15H,2,7,12-13H2,1H3,(H,20,26). The Bertz CT molecular complexity index is 819. The molecule has 134 valence electrons. The van der Waals surface area contributed by atoms with Crippen LogP contribution in [0.25, 0.3) is 5.69 Å². The van der Waals surface area contributed by atoms with Crippen LogP contribution in [-0.2, 0) is 0 Å². The van der Waals surface area contributed by atoms with Crippen LogP contribution in [0.2, 0.25) is 0 Å². The lowest BCUT2D eigenvalue weighted by atomic mass is 10.2. The summed E-state index contributed by atoms with van der Waals surface area (Å²) in [4.78, 5) is 14.7. The van der Waals surface area contributed by atoms with Crippen molar-refractivity contribution >= 4 is 11.6 Å². The minimum Gasteiger partial charge on any atom is -0.372 e. The Morgan fingerprint density at radius 3 is 2.73 bits per heavy atom. The third-order valence-electron chi connectivity index (χ3n) is 4.12. The zero-order valence-electron chi connectivity index (χ0n) is 14.7. The average Bonchev–Trinajstić information content (AvgIpc) is 3.23. The SMILES string of the molecule is CCN(CCCNC(=O)c1cccc(-n2cnnn2)c1)c1ccccc1. The summed E-state index contributed by atoms with van der Waals surface area (Å²) in [6.45, 7) is 4.59. The number of amides is 1. The molecule has 7 heteroatoms. The molecule has 0 saturated heterocycles. The highest BCUT2D eigenvalue weighted by atomic mass is 16.1. The van der Waals surface area contributed by atoms with Crippen molar-refractivity contribution in [3.05, 3.63) is 66.5 Å². The molecule has 0 aliphatic carbocycles. The Labute approximate surface area is 152 Å². The summed E-state index contributed by atoms with van der Waals surface area (Å²) in [6, 6.07) is 17.5. The van der Waals surface area contributed by atoms with Gasteiger partial charge in [-0.2, -0.15) is 0 Å². The van der Waals surface area contributed by atoms with Crippen molar-refractivity contribution in [3.8, 4) is 5.69 Å². The number of anilines is 1. The second-order valence-corrected chi connectivity index (χ2v) is 5.83. The number of carbonyl (C=O) groups excluding carboxylic acids is 1. The van der Waals surface area contributed by atoms with Crippen LogP contribution in [0.15, 0.2) is 60.9 Å². The van der Waals surface area contributed by atoms with E-state index >= 15 is 0 Å². The summed E-state index contributed by atoms with van der Waals surface area (Å²) in [5.74, 6) is -0.0947. The molecule has 1 N–H and O–H groups in total. The molecule has 0 radical (unpaired) electrons. The molecule has 1 aromatic heterocycles. The van der Waals surface area contributed by atoms with Gasteiger partial charge in [0.15, 0.2) is 0 Å². The number of carbonyl (C=O) groups is 1. The third kappa shape index (κ3) is 4.44. The van der Waals surface area contributed by atoms with Crippen molar-refractivity contribution in [2.75, 3.05) is 24.5 Å². The maximum Gasteiger partial charge on any atom is 0.251 e. The lowest BCUT2D eigenvalue weighted by Gasteiger charge is -2.23. The van der Waals surface area contributed by atoms with Crippen LogP contribution in [0.5, 0.6) is 0 Å². The first-order chi connectivity index (χ1) is 12.8. The Hall–Kier alpha value is -3.22. The number of tetrazole rings is 1. The lowest BCUT2D eigenvalue weighted by molar-refractivity contribution is 0.0953. The van der Waals surface area contributed by atoms with Gasteiger partial charge in [0.25, 0.3) is 5.91 Å². The zero-order chi connectivity index (χ0) is 18.2. The van der Waals surface area contributed by atoms with E-state index in [1.807, 2.05) is 30.3 Å². The number of hydrogen-bond acceptors (Lipinski definition) is 5. The van der Waals surface area contributed by atoms with E-state index in [4.69, 9.17) is 0 Å². The van der Waals surface area contributed by atoms with Crippen LogP contribution in [0.1, 0.15) is 23.7 Å². The van der Waals surface area contributed by atoms with E-state index in [1.165, 1.54) is 16.7 Å². The second kappa shape index (κ2) is 8.75. The molecule has 0 bridgehead atoms. The van der Waals surface area contributed by atoms with E-state index in [2.05, 4.69) is 44.8 Å². The molecule has 0 fully saturated rings. The van der Waals surface area contributed by atoms with Gasteiger partial charge in [-0.1, -0.05) is 24.3 Å². The van der Waals surface area contributed by atoms with Gasteiger partial charge in [0, 0.05) is 30.9 Å². The van der Waals surface area contributed by atoms with Gasteiger partial charge in [0.2, 0.25) is 0 Å². The van der Waals surface area contributed by atoms with E-state index in [9.17, 15) is 4.79 Å². The lowest BCUT2D eigenvalue weighted by Crippen LogP contribution is -2.30. The van der Waals surface area contributed by atoms with Crippen molar-refractivity contribution in [1.82, 2.24) is 25.5 Å². The van der Waals surface area contributed by atoms with Crippen molar-refractivity contribution in [2.45, 2.75) is 13.3 Å². The number of nitrogens with one attached hydrogen (secondary N) is 1. The molecular weight excluding hydrogens is 328 g/mol. The molecule has 2 aromatic carbocycles. The van der Waals surface area contributed by atoms with E-state index in [0.29, 0.717) is 12.1 Å². The van der Waals surface area contributed by atoms with Gasteiger partial charge in [-0.05, 0) is 54.1 Å². The first-order valence-electron chi connectivity index (χ1n) is 8.69. The number of hydrogen-bond donors (Lipinski definition) is 1. The maximum atomic E-state index is 12.4. The Balaban J connectivity index is 1.51. The van der Waals surface area contributed by atoms with Crippen molar-refractivity contribution in [2.24, 2.45) is 0 Å². The van der Waals surface area contributed by atoms with Crippen molar-refractivity contribution in [3.63, 3.8) is 0 Å². The van der Waals surface area contributed by atoms with Gasteiger partial charge in [-0.3, -0.25) is 4.79 Å². The second-order valence-electron chi connectivity index (χ2n) is 5.83. The first-order valence-corrected chi connectivity index (χ1v) is 8.69. The first kappa shape index (κ1) is 17.6. The maximum absolute atomic E-state index is 12.4. The van der Waals surface area contributed by atoms with Gasteiger partial charge in [0.05, 0.1) is 5.69 Å².